The number of benzene rings is 1. The van der Waals surface area contributed by atoms with Gasteiger partial charge < -0.3 is 5.32 Å². The van der Waals surface area contributed by atoms with Crippen molar-refractivity contribution < 1.29 is 0 Å². The first-order valence-corrected chi connectivity index (χ1v) is 7.28. The third-order valence-corrected chi connectivity index (χ3v) is 3.73. The molecule has 2 aromatic rings. The molecule has 1 heterocycles. The fourth-order valence-electron chi connectivity index (χ4n) is 3.13. The summed E-state index contributed by atoms with van der Waals surface area (Å²) < 4.78 is 1.97. The maximum Gasteiger partial charge on any atom is 0.0560 e. The van der Waals surface area contributed by atoms with Crippen molar-refractivity contribution in [3.8, 4) is 0 Å². The molecule has 1 N–H and O–H groups in total. The van der Waals surface area contributed by atoms with Crippen LogP contribution in [0.3, 0.4) is 0 Å². The van der Waals surface area contributed by atoms with E-state index in [0.717, 1.165) is 6.54 Å². The average molecular weight is 271 g/mol. The molecule has 3 heteroatoms. The molecule has 0 radical (unpaired) electrons. The summed E-state index contributed by atoms with van der Waals surface area (Å²) in [5, 5.41) is 7.93. The van der Waals surface area contributed by atoms with Crippen LogP contribution in [-0.4, -0.2) is 15.8 Å². The highest BCUT2D eigenvalue weighted by atomic mass is 15.3. The molecular formula is C17H25N3. The fourth-order valence-corrected chi connectivity index (χ4v) is 3.13. The van der Waals surface area contributed by atoms with Crippen molar-refractivity contribution in [1.29, 1.82) is 0 Å². The lowest BCUT2D eigenvalue weighted by molar-refractivity contribution is 0.411. The van der Waals surface area contributed by atoms with Crippen LogP contribution in [0.5, 0.6) is 0 Å². The van der Waals surface area contributed by atoms with Crippen molar-refractivity contribution in [3.05, 3.63) is 52.8 Å². The molecule has 0 aliphatic rings. The molecular weight excluding hydrogens is 246 g/mol. The zero-order chi connectivity index (χ0) is 14.7. The Morgan fingerprint density at radius 1 is 1.15 bits per heavy atom. The van der Waals surface area contributed by atoms with Crippen molar-refractivity contribution in [2.24, 2.45) is 0 Å². The van der Waals surface area contributed by atoms with Gasteiger partial charge in [-0.15, -0.1) is 0 Å². The van der Waals surface area contributed by atoms with E-state index in [0.29, 0.717) is 12.1 Å². The van der Waals surface area contributed by atoms with Gasteiger partial charge in [0.1, 0.15) is 0 Å². The summed E-state index contributed by atoms with van der Waals surface area (Å²) in [5.74, 6) is 0. The van der Waals surface area contributed by atoms with Crippen LogP contribution in [0, 0.1) is 20.8 Å². The summed E-state index contributed by atoms with van der Waals surface area (Å²) >= 11 is 0. The lowest BCUT2D eigenvalue weighted by Gasteiger charge is -2.24. The van der Waals surface area contributed by atoms with Gasteiger partial charge in [0.15, 0.2) is 0 Å². The number of nitrogens with one attached hydrogen (secondary N) is 1. The predicted molar refractivity (Wildman–Crippen MR) is 83.9 cm³/mol. The van der Waals surface area contributed by atoms with Crippen LogP contribution in [0.25, 0.3) is 0 Å². The summed E-state index contributed by atoms with van der Waals surface area (Å²) in [6.07, 6.45) is 3.83. The molecule has 108 valence electrons. The van der Waals surface area contributed by atoms with Crippen LogP contribution in [0.4, 0.5) is 0 Å². The Labute approximate surface area is 122 Å². The first-order chi connectivity index (χ1) is 9.47. The standard InChI is InChI=1S/C17H25N3/c1-12-9-13(2)17(14(3)10-12)16(5)19-15(4)11-20-8-6-7-18-20/h6-10,15-16,19H,11H2,1-5H3. The second-order valence-electron chi connectivity index (χ2n) is 5.83. The zero-order valence-electron chi connectivity index (χ0n) is 13.1. The van der Waals surface area contributed by atoms with Gasteiger partial charge in [0.05, 0.1) is 6.54 Å². The number of hydrogen-bond acceptors (Lipinski definition) is 2. The molecule has 3 nitrogen and oxygen atoms in total. The third-order valence-electron chi connectivity index (χ3n) is 3.73. The minimum Gasteiger partial charge on any atom is -0.306 e. The van der Waals surface area contributed by atoms with E-state index in [4.69, 9.17) is 0 Å². The zero-order valence-corrected chi connectivity index (χ0v) is 13.1. The molecule has 1 aromatic heterocycles. The van der Waals surface area contributed by atoms with Crippen LogP contribution in [0.1, 0.15) is 42.1 Å². The van der Waals surface area contributed by atoms with E-state index >= 15 is 0 Å². The molecule has 2 unspecified atom stereocenters. The summed E-state index contributed by atoms with van der Waals surface area (Å²) in [6.45, 7) is 11.9. The second kappa shape index (κ2) is 6.23. The maximum atomic E-state index is 4.26. The quantitative estimate of drug-likeness (QED) is 0.901. The molecule has 0 bridgehead atoms. The number of aromatic nitrogens is 2. The largest absolute Gasteiger partial charge is 0.306 e. The third kappa shape index (κ3) is 3.48. The molecule has 0 amide bonds. The van der Waals surface area contributed by atoms with Crippen molar-refractivity contribution in [2.45, 2.75) is 53.2 Å². The van der Waals surface area contributed by atoms with Gasteiger partial charge in [0, 0.05) is 24.5 Å². The van der Waals surface area contributed by atoms with Crippen molar-refractivity contribution in [3.63, 3.8) is 0 Å². The van der Waals surface area contributed by atoms with E-state index in [1.54, 1.807) is 0 Å². The van der Waals surface area contributed by atoms with E-state index in [2.05, 4.69) is 57.2 Å². The molecule has 20 heavy (non-hydrogen) atoms. The molecule has 0 fully saturated rings. The van der Waals surface area contributed by atoms with Crippen molar-refractivity contribution in [2.75, 3.05) is 0 Å². The predicted octanol–water partition coefficient (Wildman–Crippen LogP) is 3.55. The van der Waals surface area contributed by atoms with E-state index in [9.17, 15) is 0 Å². The Hall–Kier alpha value is -1.61. The molecule has 2 rings (SSSR count). The fraction of sp³-hybridized carbons (Fsp3) is 0.471. The van der Waals surface area contributed by atoms with Gasteiger partial charge >= 0.3 is 0 Å². The topological polar surface area (TPSA) is 29.9 Å². The summed E-state index contributed by atoms with van der Waals surface area (Å²) in [5.41, 5.74) is 5.49. The smallest absolute Gasteiger partial charge is 0.0560 e. The minimum absolute atomic E-state index is 0.348. The highest BCUT2D eigenvalue weighted by molar-refractivity contribution is 5.39. The Morgan fingerprint density at radius 2 is 1.80 bits per heavy atom. The lowest BCUT2D eigenvalue weighted by Crippen LogP contribution is -2.33. The minimum atomic E-state index is 0.348. The number of hydrogen-bond donors (Lipinski definition) is 1. The van der Waals surface area contributed by atoms with Crippen LogP contribution in [0.2, 0.25) is 0 Å². The molecule has 0 saturated carbocycles. The molecule has 2 atom stereocenters. The highest BCUT2D eigenvalue weighted by Gasteiger charge is 2.14. The summed E-state index contributed by atoms with van der Waals surface area (Å²) in [6, 6.07) is 7.22. The molecule has 0 aliphatic heterocycles. The van der Waals surface area contributed by atoms with E-state index < -0.39 is 0 Å². The molecule has 0 aliphatic carbocycles. The number of aryl methyl sites for hydroxylation is 3. The SMILES string of the molecule is Cc1cc(C)c(C(C)NC(C)Cn2cccn2)c(C)c1. The van der Waals surface area contributed by atoms with Gasteiger partial charge in [-0.05, 0) is 57.4 Å². The highest BCUT2D eigenvalue weighted by Crippen LogP contribution is 2.23. The normalized spacial score (nSPS) is 14.2. The second-order valence-corrected chi connectivity index (χ2v) is 5.83. The van der Waals surface area contributed by atoms with E-state index in [-0.39, 0.29) is 0 Å². The monoisotopic (exact) mass is 271 g/mol. The van der Waals surface area contributed by atoms with E-state index in [1.807, 2.05) is 23.1 Å². The van der Waals surface area contributed by atoms with Gasteiger partial charge in [-0.2, -0.15) is 5.10 Å². The Kier molecular flexibility index (Phi) is 4.61. The lowest BCUT2D eigenvalue weighted by atomic mass is 9.94. The van der Waals surface area contributed by atoms with Gasteiger partial charge in [-0.25, -0.2) is 0 Å². The van der Waals surface area contributed by atoms with Crippen molar-refractivity contribution >= 4 is 0 Å². The Morgan fingerprint density at radius 3 is 2.35 bits per heavy atom. The Balaban J connectivity index is 2.06. The number of nitrogens with zero attached hydrogens (tertiary/aromatic N) is 2. The van der Waals surface area contributed by atoms with Gasteiger partial charge in [0.25, 0.3) is 0 Å². The first kappa shape index (κ1) is 14.8. The summed E-state index contributed by atoms with van der Waals surface area (Å²) in [4.78, 5) is 0. The van der Waals surface area contributed by atoms with Gasteiger partial charge in [-0.3, -0.25) is 4.68 Å². The van der Waals surface area contributed by atoms with Crippen molar-refractivity contribution in [1.82, 2.24) is 15.1 Å². The van der Waals surface area contributed by atoms with Crippen LogP contribution < -0.4 is 5.32 Å². The molecule has 0 spiro atoms. The van der Waals surface area contributed by atoms with Gasteiger partial charge in [0.2, 0.25) is 0 Å². The summed E-state index contributed by atoms with van der Waals surface area (Å²) in [7, 11) is 0. The Bertz CT molecular complexity index is 535. The first-order valence-electron chi connectivity index (χ1n) is 7.28. The number of rotatable bonds is 5. The molecule has 0 saturated heterocycles. The maximum absolute atomic E-state index is 4.26. The van der Waals surface area contributed by atoms with Crippen LogP contribution in [-0.2, 0) is 6.54 Å². The van der Waals surface area contributed by atoms with Gasteiger partial charge in [-0.1, -0.05) is 17.7 Å². The molecule has 1 aromatic carbocycles. The van der Waals surface area contributed by atoms with E-state index in [1.165, 1.54) is 22.3 Å². The van der Waals surface area contributed by atoms with Crippen LogP contribution in [0.15, 0.2) is 30.6 Å². The average Bonchev–Trinajstić information content (AvgIpc) is 2.79. The van der Waals surface area contributed by atoms with Crippen LogP contribution >= 0.6 is 0 Å².